The maximum absolute atomic E-state index is 9.80. The zero-order valence-electron chi connectivity index (χ0n) is 9.24. The topological polar surface area (TPSA) is 71.2 Å². The molecule has 88 valence electrons. The molecule has 1 atom stereocenters. The Balaban J connectivity index is 2.07. The van der Waals surface area contributed by atoms with Crippen LogP contribution in [0.3, 0.4) is 0 Å². The van der Waals surface area contributed by atoms with Crippen LogP contribution in [0, 0.1) is 0 Å². The first kappa shape index (κ1) is 10.3. The quantitative estimate of drug-likeness (QED) is 0.779. The molecule has 0 saturated heterocycles. The predicted molar refractivity (Wildman–Crippen MR) is 61.3 cm³/mol. The van der Waals surface area contributed by atoms with E-state index in [9.17, 15) is 10.2 Å². The summed E-state index contributed by atoms with van der Waals surface area (Å²) in [4.78, 5) is 0. The molecule has 0 spiro atoms. The lowest BCUT2D eigenvalue weighted by Gasteiger charge is -2.19. The molecule has 1 aromatic heterocycles. The van der Waals surface area contributed by atoms with Crippen LogP contribution >= 0.6 is 0 Å². The average Bonchev–Trinajstić information content (AvgIpc) is 2.75. The molecule has 1 aliphatic heterocycles. The lowest BCUT2D eigenvalue weighted by molar-refractivity contribution is 0.134. The molecule has 0 radical (unpaired) electrons. The standard InChI is InChI=1S/C12H13N3O2/c16-9-5-3-8(4-6-9)11-13-14-12-10(17)2-1-7-15(11)12/h3-6,10,16-17H,1-2,7H2. The number of benzene rings is 1. The fraction of sp³-hybridized carbons (Fsp3) is 0.333. The second-order valence-corrected chi connectivity index (χ2v) is 4.24. The second kappa shape index (κ2) is 3.85. The van der Waals surface area contributed by atoms with Gasteiger partial charge >= 0.3 is 0 Å². The molecule has 2 N–H and O–H groups in total. The summed E-state index contributed by atoms with van der Waals surface area (Å²) in [6, 6.07) is 6.84. The van der Waals surface area contributed by atoms with E-state index < -0.39 is 6.10 Å². The van der Waals surface area contributed by atoms with Crippen molar-refractivity contribution in [2.24, 2.45) is 0 Å². The maximum atomic E-state index is 9.80. The van der Waals surface area contributed by atoms with Gasteiger partial charge < -0.3 is 14.8 Å². The van der Waals surface area contributed by atoms with Gasteiger partial charge in [0.05, 0.1) is 0 Å². The van der Waals surface area contributed by atoms with Gasteiger partial charge in [0.25, 0.3) is 0 Å². The van der Waals surface area contributed by atoms with Gasteiger partial charge in [-0.25, -0.2) is 0 Å². The van der Waals surface area contributed by atoms with Crippen LogP contribution in [0.1, 0.15) is 24.8 Å². The lowest BCUT2D eigenvalue weighted by Crippen LogP contribution is -2.16. The van der Waals surface area contributed by atoms with Crippen molar-refractivity contribution < 1.29 is 10.2 Å². The van der Waals surface area contributed by atoms with Gasteiger partial charge in [-0.2, -0.15) is 0 Å². The van der Waals surface area contributed by atoms with E-state index >= 15 is 0 Å². The number of hydrogen-bond donors (Lipinski definition) is 2. The van der Waals surface area contributed by atoms with Gasteiger partial charge in [0, 0.05) is 12.1 Å². The van der Waals surface area contributed by atoms with Gasteiger partial charge in [-0.3, -0.25) is 0 Å². The molecule has 0 amide bonds. The van der Waals surface area contributed by atoms with Crippen molar-refractivity contribution in [2.75, 3.05) is 0 Å². The highest BCUT2D eigenvalue weighted by molar-refractivity contribution is 5.56. The summed E-state index contributed by atoms with van der Waals surface area (Å²) in [5, 5.41) is 27.2. The average molecular weight is 231 g/mol. The Hall–Kier alpha value is -1.88. The minimum absolute atomic E-state index is 0.229. The number of aliphatic hydroxyl groups excluding tert-OH is 1. The van der Waals surface area contributed by atoms with Gasteiger partial charge in [0.2, 0.25) is 0 Å². The van der Waals surface area contributed by atoms with Crippen molar-refractivity contribution >= 4 is 0 Å². The summed E-state index contributed by atoms with van der Waals surface area (Å²) in [7, 11) is 0. The first-order valence-electron chi connectivity index (χ1n) is 5.66. The molecule has 2 heterocycles. The van der Waals surface area contributed by atoms with E-state index in [2.05, 4.69) is 10.2 Å². The Morgan fingerprint density at radius 3 is 2.71 bits per heavy atom. The molecule has 0 saturated carbocycles. The highest BCUT2D eigenvalue weighted by Crippen LogP contribution is 2.28. The number of aromatic hydroxyl groups is 1. The van der Waals surface area contributed by atoms with Crippen molar-refractivity contribution in [1.82, 2.24) is 14.8 Å². The third kappa shape index (κ3) is 1.68. The molecule has 0 aliphatic carbocycles. The number of rotatable bonds is 1. The number of aliphatic hydroxyl groups is 1. The molecule has 5 nitrogen and oxygen atoms in total. The van der Waals surface area contributed by atoms with Gasteiger partial charge in [0.15, 0.2) is 11.6 Å². The van der Waals surface area contributed by atoms with E-state index in [1.165, 1.54) is 0 Å². The van der Waals surface area contributed by atoms with Crippen molar-refractivity contribution in [1.29, 1.82) is 0 Å². The SMILES string of the molecule is Oc1ccc(-c2nnc3n2CCCC3O)cc1. The zero-order chi connectivity index (χ0) is 11.8. The fourth-order valence-electron chi connectivity index (χ4n) is 2.18. The summed E-state index contributed by atoms with van der Waals surface area (Å²) >= 11 is 0. The van der Waals surface area contributed by atoms with Crippen molar-refractivity contribution in [3.05, 3.63) is 30.1 Å². The van der Waals surface area contributed by atoms with E-state index in [1.54, 1.807) is 24.3 Å². The molecule has 1 aromatic carbocycles. The number of phenolic OH excluding ortho intramolecular Hbond substituents is 1. The van der Waals surface area contributed by atoms with E-state index in [1.807, 2.05) is 4.57 Å². The smallest absolute Gasteiger partial charge is 0.164 e. The Morgan fingerprint density at radius 2 is 1.94 bits per heavy atom. The number of hydrogen-bond acceptors (Lipinski definition) is 4. The Bertz CT molecular complexity index is 533. The van der Waals surface area contributed by atoms with Crippen LogP contribution in [-0.2, 0) is 6.54 Å². The van der Waals surface area contributed by atoms with Gasteiger partial charge in [-0.05, 0) is 37.1 Å². The second-order valence-electron chi connectivity index (χ2n) is 4.24. The maximum Gasteiger partial charge on any atom is 0.164 e. The molecule has 0 bridgehead atoms. The monoisotopic (exact) mass is 231 g/mol. The largest absolute Gasteiger partial charge is 0.508 e. The van der Waals surface area contributed by atoms with E-state index in [4.69, 9.17) is 0 Å². The molecule has 5 heteroatoms. The summed E-state index contributed by atoms with van der Waals surface area (Å²) in [5.41, 5.74) is 0.899. The third-order valence-electron chi connectivity index (χ3n) is 3.06. The van der Waals surface area contributed by atoms with Crippen molar-refractivity contribution in [3.8, 4) is 17.1 Å². The van der Waals surface area contributed by atoms with Crippen LogP contribution < -0.4 is 0 Å². The highest BCUT2D eigenvalue weighted by atomic mass is 16.3. The predicted octanol–water partition coefficient (Wildman–Crippen LogP) is 1.48. The Labute approximate surface area is 98.4 Å². The summed E-state index contributed by atoms with van der Waals surface area (Å²) in [6.07, 6.45) is 1.16. The fourth-order valence-corrected chi connectivity index (χ4v) is 2.18. The number of phenols is 1. The van der Waals surface area contributed by atoms with Gasteiger partial charge in [-0.1, -0.05) is 0 Å². The normalized spacial score (nSPS) is 19.0. The highest BCUT2D eigenvalue weighted by Gasteiger charge is 2.23. The van der Waals surface area contributed by atoms with Crippen molar-refractivity contribution in [3.63, 3.8) is 0 Å². The summed E-state index contributed by atoms with van der Waals surface area (Å²) < 4.78 is 1.94. The third-order valence-corrected chi connectivity index (χ3v) is 3.06. The molecule has 3 rings (SSSR count). The molecule has 1 aliphatic rings. The minimum Gasteiger partial charge on any atom is -0.508 e. The molecule has 17 heavy (non-hydrogen) atoms. The van der Waals surface area contributed by atoms with E-state index in [0.29, 0.717) is 5.82 Å². The molecule has 1 unspecified atom stereocenters. The zero-order valence-corrected chi connectivity index (χ0v) is 9.24. The number of aromatic nitrogens is 3. The van der Waals surface area contributed by atoms with Gasteiger partial charge in [-0.15, -0.1) is 10.2 Å². The van der Waals surface area contributed by atoms with Crippen molar-refractivity contribution in [2.45, 2.75) is 25.5 Å². The van der Waals surface area contributed by atoms with Crippen LogP contribution in [0.25, 0.3) is 11.4 Å². The van der Waals surface area contributed by atoms with Crippen LogP contribution in [0.5, 0.6) is 5.75 Å². The van der Waals surface area contributed by atoms with Gasteiger partial charge in [0.1, 0.15) is 11.9 Å². The first-order chi connectivity index (χ1) is 8.25. The molecule has 2 aromatic rings. The van der Waals surface area contributed by atoms with Crippen LogP contribution in [0.2, 0.25) is 0 Å². The molecular formula is C12H13N3O2. The Kier molecular flexibility index (Phi) is 2.33. The molecular weight excluding hydrogens is 218 g/mol. The first-order valence-corrected chi connectivity index (χ1v) is 5.66. The van der Waals surface area contributed by atoms with Crippen LogP contribution in [0.15, 0.2) is 24.3 Å². The van der Waals surface area contributed by atoms with Crippen LogP contribution in [0.4, 0.5) is 0 Å². The number of nitrogens with zero attached hydrogens (tertiary/aromatic N) is 3. The van der Waals surface area contributed by atoms with E-state index in [-0.39, 0.29) is 5.75 Å². The minimum atomic E-state index is -0.512. The number of fused-ring (bicyclic) bond motifs is 1. The summed E-state index contributed by atoms with van der Waals surface area (Å²) in [6.45, 7) is 0.829. The summed E-state index contributed by atoms with van der Waals surface area (Å²) in [5.74, 6) is 1.62. The molecule has 0 fully saturated rings. The lowest BCUT2D eigenvalue weighted by atomic mass is 10.1. The van der Waals surface area contributed by atoms with Crippen LogP contribution in [-0.4, -0.2) is 25.0 Å². The Morgan fingerprint density at radius 1 is 1.18 bits per heavy atom. The van der Waals surface area contributed by atoms with E-state index in [0.717, 1.165) is 30.8 Å².